The van der Waals surface area contributed by atoms with E-state index in [0.717, 1.165) is 56.8 Å². The van der Waals surface area contributed by atoms with Crippen LogP contribution in [0.3, 0.4) is 0 Å². The second-order valence-corrected chi connectivity index (χ2v) is 4.25. The molecular weight excluding hydrogens is 228 g/mol. The maximum Gasteiger partial charge on any atom is 0.137 e. The number of aliphatic hydroxyl groups is 1. The van der Waals surface area contributed by atoms with E-state index in [-0.39, 0.29) is 6.61 Å². The average molecular weight is 252 g/mol. The van der Waals surface area contributed by atoms with Gasteiger partial charge in [0.1, 0.15) is 5.75 Å². The van der Waals surface area contributed by atoms with Gasteiger partial charge in [0.15, 0.2) is 0 Å². The molecule has 2 N–H and O–H groups in total. The number of ether oxygens (including phenoxy) is 1. The van der Waals surface area contributed by atoms with E-state index in [1.807, 2.05) is 12.1 Å². The van der Waals surface area contributed by atoms with Gasteiger partial charge in [0, 0.05) is 13.2 Å². The first-order valence-electron chi connectivity index (χ1n) is 6.76. The zero-order valence-electron chi connectivity index (χ0n) is 11.2. The minimum absolute atomic E-state index is 0.290. The van der Waals surface area contributed by atoms with Crippen LogP contribution in [-0.2, 0) is 6.54 Å². The number of hydrogen-bond donors (Lipinski definition) is 2. The summed E-state index contributed by atoms with van der Waals surface area (Å²) in [6, 6.07) is 3.96. The SMILES string of the molecule is CCNCc1ccc(OCCCCCCO)cn1. The molecule has 0 bridgehead atoms. The molecule has 1 aromatic rings. The molecule has 0 aliphatic heterocycles. The molecule has 0 spiro atoms. The molecule has 0 radical (unpaired) electrons. The van der Waals surface area contributed by atoms with Gasteiger partial charge in [-0.1, -0.05) is 13.3 Å². The zero-order chi connectivity index (χ0) is 13.1. The van der Waals surface area contributed by atoms with E-state index in [1.54, 1.807) is 6.20 Å². The van der Waals surface area contributed by atoms with E-state index in [1.165, 1.54) is 0 Å². The van der Waals surface area contributed by atoms with Gasteiger partial charge in [0.05, 0.1) is 18.5 Å². The maximum absolute atomic E-state index is 8.64. The summed E-state index contributed by atoms with van der Waals surface area (Å²) in [5.41, 5.74) is 1.03. The highest BCUT2D eigenvalue weighted by molar-refractivity contribution is 5.19. The van der Waals surface area contributed by atoms with E-state index in [2.05, 4.69) is 17.2 Å². The first-order chi connectivity index (χ1) is 8.86. The lowest BCUT2D eigenvalue weighted by Crippen LogP contribution is -2.12. The maximum atomic E-state index is 8.64. The third-order valence-electron chi connectivity index (χ3n) is 2.67. The number of rotatable bonds is 10. The molecule has 0 unspecified atom stereocenters. The zero-order valence-corrected chi connectivity index (χ0v) is 11.2. The van der Waals surface area contributed by atoms with Crippen LogP contribution >= 0.6 is 0 Å². The molecule has 0 aliphatic carbocycles. The Bertz CT molecular complexity index is 301. The van der Waals surface area contributed by atoms with Crippen LogP contribution in [0, 0.1) is 0 Å². The Morgan fingerprint density at radius 3 is 2.72 bits per heavy atom. The van der Waals surface area contributed by atoms with E-state index in [9.17, 15) is 0 Å². The second-order valence-electron chi connectivity index (χ2n) is 4.25. The molecule has 102 valence electrons. The van der Waals surface area contributed by atoms with Crippen molar-refractivity contribution in [2.45, 2.75) is 39.2 Å². The number of unbranched alkanes of at least 4 members (excludes halogenated alkanes) is 3. The molecule has 1 heterocycles. The van der Waals surface area contributed by atoms with Crippen molar-refractivity contribution >= 4 is 0 Å². The van der Waals surface area contributed by atoms with Gasteiger partial charge in [-0.25, -0.2) is 0 Å². The summed E-state index contributed by atoms with van der Waals surface area (Å²) in [7, 11) is 0. The fourth-order valence-corrected chi connectivity index (χ4v) is 1.61. The lowest BCUT2D eigenvalue weighted by atomic mass is 10.2. The lowest BCUT2D eigenvalue weighted by Gasteiger charge is -2.06. The van der Waals surface area contributed by atoms with E-state index in [4.69, 9.17) is 9.84 Å². The Morgan fingerprint density at radius 1 is 1.22 bits per heavy atom. The van der Waals surface area contributed by atoms with Gasteiger partial charge in [-0.2, -0.15) is 0 Å². The fraction of sp³-hybridized carbons (Fsp3) is 0.643. The quantitative estimate of drug-likeness (QED) is 0.626. The Labute approximate surface area is 109 Å². The monoisotopic (exact) mass is 252 g/mol. The van der Waals surface area contributed by atoms with Gasteiger partial charge in [-0.15, -0.1) is 0 Å². The molecule has 0 amide bonds. The smallest absolute Gasteiger partial charge is 0.137 e. The molecular formula is C14H24N2O2. The predicted molar refractivity (Wildman–Crippen MR) is 72.7 cm³/mol. The van der Waals surface area contributed by atoms with Crippen molar-refractivity contribution in [2.75, 3.05) is 19.8 Å². The molecule has 1 aromatic heterocycles. The van der Waals surface area contributed by atoms with Crippen LogP contribution < -0.4 is 10.1 Å². The van der Waals surface area contributed by atoms with Gasteiger partial charge >= 0.3 is 0 Å². The average Bonchev–Trinajstić information content (AvgIpc) is 2.42. The van der Waals surface area contributed by atoms with Gasteiger partial charge < -0.3 is 15.2 Å². The Morgan fingerprint density at radius 2 is 2.06 bits per heavy atom. The van der Waals surface area contributed by atoms with Crippen molar-refractivity contribution in [3.63, 3.8) is 0 Å². The summed E-state index contributed by atoms with van der Waals surface area (Å²) in [6.45, 7) is 4.84. The largest absolute Gasteiger partial charge is 0.492 e. The van der Waals surface area contributed by atoms with E-state index < -0.39 is 0 Å². The van der Waals surface area contributed by atoms with Gasteiger partial charge in [0.25, 0.3) is 0 Å². The van der Waals surface area contributed by atoms with Crippen LogP contribution in [0.5, 0.6) is 5.75 Å². The number of hydrogen-bond acceptors (Lipinski definition) is 4. The first kappa shape index (κ1) is 14.9. The fourth-order valence-electron chi connectivity index (χ4n) is 1.61. The van der Waals surface area contributed by atoms with E-state index >= 15 is 0 Å². The van der Waals surface area contributed by atoms with Crippen molar-refractivity contribution in [3.8, 4) is 5.75 Å². The number of nitrogens with one attached hydrogen (secondary N) is 1. The van der Waals surface area contributed by atoms with Crippen LogP contribution in [0.1, 0.15) is 38.3 Å². The van der Waals surface area contributed by atoms with Crippen LogP contribution in [0.15, 0.2) is 18.3 Å². The number of aromatic nitrogens is 1. The Kier molecular flexibility index (Phi) is 8.17. The molecule has 4 heteroatoms. The highest BCUT2D eigenvalue weighted by atomic mass is 16.5. The minimum atomic E-state index is 0.290. The van der Waals surface area contributed by atoms with Crippen LogP contribution in [-0.4, -0.2) is 29.8 Å². The predicted octanol–water partition coefficient (Wildman–Crippen LogP) is 2.12. The summed E-state index contributed by atoms with van der Waals surface area (Å²) < 4.78 is 5.60. The van der Waals surface area contributed by atoms with Crippen LogP contribution in [0.4, 0.5) is 0 Å². The summed E-state index contributed by atoms with van der Waals surface area (Å²) in [4.78, 5) is 4.32. The summed E-state index contributed by atoms with van der Waals surface area (Å²) in [5.74, 6) is 0.831. The second kappa shape index (κ2) is 9.85. The van der Waals surface area contributed by atoms with Crippen molar-refractivity contribution < 1.29 is 9.84 Å². The molecule has 0 saturated heterocycles. The summed E-state index contributed by atoms with van der Waals surface area (Å²) >= 11 is 0. The normalized spacial score (nSPS) is 10.6. The van der Waals surface area contributed by atoms with E-state index in [0.29, 0.717) is 0 Å². The molecule has 4 nitrogen and oxygen atoms in total. The number of aliphatic hydroxyl groups excluding tert-OH is 1. The molecule has 0 atom stereocenters. The summed E-state index contributed by atoms with van der Waals surface area (Å²) in [6.07, 6.45) is 5.87. The first-order valence-corrected chi connectivity index (χ1v) is 6.76. The molecule has 0 aromatic carbocycles. The van der Waals surface area contributed by atoms with Crippen molar-refractivity contribution in [3.05, 3.63) is 24.0 Å². The molecule has 0 saturated carbocycles. The lowest BCUT2D eigenvalue weighted by molar-refractivity contribution is 0.273. The standard InChI is InChI=1S/C14H24N2O2/c1-2-15-11-13-7-8-14(12-16-13)18-10-6-4-3-5-9-17/h7-8,12,15,17H,2-6,9-11H2,1H3. The topological polar surface area (TPSA) is 54.4 Å². The molecule has 1 rings (SSSR count). The highest BCUT2D eigenvalue weighted by Gasteiger charge is 1.97. The molecule has 18 heavy (non-hydrogen) atoms. The minimum Gasteiger partial charge on any atom is -0.492 e. The number of pyridine rings is 1. The molecule has 0 fully saturated rings. The number of nitrogens with zero attached hydrogens (tertiary/aromatic N) is 1. The van der Waals surface area contributed by atoms with Gasteiger partial charge in [0.2, 0.25) is 0 Å². The Hall–Kier alpha value is -1.13. The Balaban J connectivity index is 2.14. The molecule has 0 aliphatic rings. The third-order valence-corrected chi connectivity index (χ3v) is 2.67. The van der Waals surface area contributed by atoms with Crippen molar-refractivity contribution in [1.29, 1.82) is 0 Å². The van der Waals surface area contributed by atoms with Gasteiger partial charge in [-0.3, -0.25) is 4.98 Å². The summed E-state index contributed by atoms with van der Waals surface area (Å²) in [5, 5.41) is 11.9. The van der Waals surface area contributed by atoms with Crippen molar-refractivity contribution in [1.82, 2.24) is 10.3 Å². The third kappa shape index (κ3) is 6.57. The van der Waals surface area contributed by atoms with Crippen molar-refractivity contribution in [2.24, 2.45) is 0 Å². The highest BCUT2D eigenvalue weighted by Crippen LogP contribution is 2.10. The van der Waals surface area contributed by atoms with Crippen LogP contribution in [0.2, 0.25) is 0 Å². The van der Waals surface area contributed by atoms with Gasteiger partial charge in [-0.05, 0) is 37.9 Å². The van der Waals surface area contributed by atoms with Crippen LogP contribution in [0.25, 0.3) is 0 Å².